The number of hydrogen-bond donors (Lipinski definition) is 1. The van der Waals surface area contributed by atoms with Gasteiger partial charge in [0.05, 0.1) is 11.5 Å². The van der Waals surface area contributed by atoms with E-state index in [9.17, 15) is 8.42 Å². The lowest BCUT2D eigenvalue weighted by Gasteiger charge is -2.11. The first-order chi connectivity index (χ1) is 12.9. The van der Waals surface area contributed by atoms with Gasteiger partial charge < -0.3 is 0 Å². The van der Waals surface area contributed by atoms with E-state index in [0.29, 0.717) is 11.5 Å². The normalized spacial score (nSPS) is 11.2. The third kappa shape index (κ3) is 4.33. The zero-order valence-electron chi connectivity index (χ0n) is 15.0. The van der Waals surface area contributed by atoms with Crippen molar-refractivity contribution in [2.75, 3.05) is 4.72 Å². The molecule has 1 aromatic heterocycles. The van der Waals surface area contributed by atoms with E-state index in [1.807, 2.05) is 32.0 Å². The number of nitrogens with one attached hydrogen (secondary N) is 1. The number of sulfonamides is 1. The second-order valence-electron chi connectivity index (χ2n) is 6.39. The molecule has 0 atom stereocenters. The first-order valence-corrected chi connectivity index (χ1v) is 9.95. The van der Waals surface area contributed by atoms with Gasteiger partial charge >= 0.3 is 0 Å². The molecule has 1 N–H and O–H groups in total. The van der Waals surface area contributed by atoms with E-state index in [2.05, 4.69) is 14.6 Å². The van der Waals surface area contributed by atoms with Crippen molar-refractivity contribution in [3.05, 3.63) is 83.8 Å². The van der Waals surface area contributed by atoms with Gasteiger partial charge in [0.25, 0.3) is 10.0 Å². The fourth-order valence-electron chi connectivity index (χ4n) is 2.58. The van der Waals surface area contributed by atoms with Gasteiger partial charge in [-0.25, -0.2) is 18.2 Å². The van der Waals surface area contributed by atoms with Crippen molar-refractivity contribution >= 4 is 21.5 Å². The summed E-state index contributed by atoms with van der Waals surface area (Å²) in [6, 6.07) is 19.1. The van der Waals surface area contributed by atoms with Gasteiger partial charge in [0, 0.05) is 5.69 Å². The van der Waals surface area contributed by atoms with Crippen LogP contribution in [0.4, 0.5) is 11.5 Å². The minimum Gasteiger partial charge on any atom is -0.263 e. The predicted octanol–water partition coefficient (Wildman–Crippen LogP) is 5.22. The fraction of sp³-hybridized carbons (Fsp3) is 0.143. The third-order valence-electron chi connectivity index (χ3n) is 4.10. The lowest BCUT2D eigenvalue weighted by atomic mass is 10.1. The Hall–Kier alpha value is -3.17. The van der Waals surface area contributed by atoms with Crippen molar-refractivity contribution in [2.45, 2.75) is 24.7 Å². The summed E-state index contributed by atoms with van der Waals surface area (Å²) in [6.07, 6.45) is 0. The smallest absolute Gasteiger partial charge is 0.263 e. The summed E-state index contributed by atoms with van der Waals surface area (Å²) in [5.74, 6) is 0.517. The summed E-state index contributed by atoms with van der Waals surface area (Å²) in [6.45, 7) is 11.0. The number of rotatable bonds is 5. The molecule has 0 aliphatic rings. The standard InChI is InChI=1S/C21H19N3O2S/c1-15(2)20-5-4-6-21(23-20)24-27(25,26)19-13-9-17(10-14-19)16-7-11-18(22-3)12-8-16/h4-15H,1-2H3,(H,23,24). The van der Waals surface area contributed by atoms with Gasteiger partial charge in [0.15, 0.2) is 5.69 Å². The molecule has 136 valence electrons. The highest BCUT2D eigenvalue weighted by molar-refractivity contribution is 7.92. The van der Waals surface area contributed by atoms with E-state index in [0.717, 1.165) is 16.8 Å². The molecule has 0 amide bonds. The SMILES string of the molecule is [C-]#[N+]c1ccc(-c2ccc(S(=O)(=O)Nc3cccc(C(C)C)n3)cc2)cc1. The van der Waals surface area contributed by atoms with Crippen LogP contribution in [0.25, 0.3) is 16.0 Å². The second kappa shape index (κ2) is 7.60. The number of hydrogen-bond acceptors (Lipinski definition) is 3. The van der Waals surface area contributed by atoms with E-state index < -0.39 is 10.0 Å². The number of nitrogens with zero attached hydrogens (tertiary/aromatic N) is 2. The van der Waals surface area contributed by atoms with Crippen molar-refractivity contribution in [3.63, 3.8) is 0 Å². The fourth-order valence-corrected chi connectivity index (χ4v) is 3.58. The Morgan fingerprint density at radius 2 is 1.52 bits per heavy atom. The van der Waals surface area contributed by atoms with Crippen molar-refractivity contribution in [1.82, 2.24) is 4.98 Å². The minimum atomic E-state index is -3.72. The van der Waals surface area contributed by atoms with Gasteiger partial charge in [0.1, 0.15) is 5.82 Å². The summed E-state index contributed by atoms with van der Waals surface area (Å²) in [5.41, 5.74) is 3.20. The Morgan fingerprint density at radius 1 is 0.926 bits per heavy atom. The molecule has 0 saturated carbocycles. The second-order valence-corrected chi connectivity index (χ2v) is 8.07. The Kier molecular flexibility index (Phi) is 5.24. The number of pyridine rings is 1. The maximum atomic E-state index is 12.6. The first-order valence-electron chi connectivity index (χ1n) is 8.47. The molecule has 3 rings (SSSR count). The van der Waals surface area contributed by atoms with Crippen LogP contribution in [0.5, 0.6) is 0 Å². The monoisotopic (exact) mass is 377 g/mol. The molecule has 0 spiro atoms. The lowest BCUT2D eigenvalue weighted by Crippen LogP contribution is -2.14. The summed E-state index contributed by atoms with van der Waals surface area (Å²) in [4.78, 5) is 7.88. The van der Waals surface area contributed by atoms with Crippen LogP contribution in [-0.4, -0.2) is 13.4 Å². The van der Waals surface area contributed by atoms with Crippen LogP contribution in [0.1, 0.15) is 25.5 Å². The molecule has 0 aliphatic heterocycles. The average molecular weight is 377 g/mol. The van der Waals surface area contributed by atoms with Crippen LogP contribution in [-0.2, 0) is 10.0 Å². The minimum absolute atomic E-state index is 0.167. The van der Waals surface area contributed by atoms with Gasteiger partial charge in [0.2, 0.25) is 0 Å². The zero-order chi connectivity index (χ0) is 19.4. The van der Waals surface area contributed by atoms with Gasteiger partial charge in [-0.3, -0.25) is 4.72 Å². The average Bonchev–Trinajstić information content (AvgIpc) is 2.68. The van der Waals surface area contributed by atoms with Crippen LogP contribution in [0.2, 0.25) is 0 Å². The molecule has 3 aromatic rings. The summed E-state index contributed by atoms with van der Waals surface area (Å²) >= 11 is 0. The number of benzene rings is 2. The molecule has 0 radical (unpaired) electrons. The van der Waals surface area contributed by atoms with Gasteiger partial charge in [-0.1, -0.05) is 56.3 Å². The van der Waals surface area contributed by atoms with E-state index in [1.54, 1.807) is 48.5 Å². The van der Waals surface area contributed by atoms with Gasteiger partial charge in [-0.2, -0.15) is 0 Å². The van der Waals surface area contributed by atoms with E-state index in [-0.39, 0.29) is 10.8 Å². The van der Waals surface area contributed by atoms with Crippen LogP contribution in [0.3, 0.4) is 0 Å². The van der Waals surface area contributed by atoms with Crippen LogP contribution in [0, 0.1) is 6.57 Å². The molecule has 0 fully saturated rings. The zero-order valence-corrected chi connectivity index (χ0v) is 15.9. The van der Waals surface area contributed by atoms with Crippen LogP contribution < -0.4 is 4.72 Å². The van der Waals surface area contributed by atoms with Gasteiger partial charge in [-0.15, -0.1) is 0 Å². The van der Waals surface area contributed by atoms with Crippen molar-refractivity contribution in [2.24, 2.45) is 0 Å². The largest absolute Gasteiger partial charge is 0.263 e. The predicted molar refractivity (Wildman–Crippen MR) is 107 cm³/mol. The first kappa shape index (κ1) is 18.6. The highest BCUT2D eigenvalue weighted by Crippen LogP contribution is 2.25. The number of anilines is 1. The number of aromatic nitrogens is 1. The van der Waals surface area contributed by atoms with Gasteiger partial charge in [-0.05, 0) is 41.3 Å². The molecule has 0 unspecified atom stereocenters. The van der Waals surface area contributed by atoms with Crippen molar-refractivity contribution in [3.8, 4) is 11.1 Å². The van der Waals surface area contributed by atoms with Crippen molar-refractivity contribution in [1.29, 1.82) is 0 Å². The molecular formula is C21H19N3O2S. The third-order valence-corrected chi connectivity index (χ3v) is 5.47. The maximum Gasteiger partial charge on any atom is 0.263 e. The molecule has 0 saturated heterocycles. The maximum absolute atomic E-state index is 12.6. The molecule has 0 aliphatic carbocycles. The summed E-state index contributed by atoms with van der Waals surface area (Å²) in [5, 5.41) is 0. The van der Waals surface area contributed by atoms with E-state index in [1.165, 1.54) is 0 Å². The Bertz CT molecular complexity index is 1080. The highest BCUT2D eigenvalue weighted by Gasteiger charge is 2.15. The molecule has 2 aromatic carbocycles. The Labute approximate surface area is 159 Å². The molecule has 5 nitrogen and oxygen atoms in total. The molecule has 27 heavy (non-hydrogen) atoms. The molecule has 1 heterocycles. The Morgan fingerprint density at radius 3 is 2.07 bits per heavy atom. The quantitative estimate of drug-likeness (QED) is 0.620. The van der Waals surface area contributed by atoms with E-state index in [4.69, 9.17) is 6.57 Å². The Balaban J connectivity index is 1.83. The summed E-state index contributed by atoms with van der Waals surface area (Å²) < 4.78 is 27.8. The van der Waals surface area contributed by atoms with Crippen LogP contribution in [0.15, 0.2) is 71.6 Å². The molecule has 0 bridgehead atoms. The molecular weight excluding hydrogens is 358 g/mol. The molecule has 6 heteroatoms. The summed E-state index contributed by atoms with van der Waals surface area (Å²) in [7, 11) is -3.72. The highest BCUT2D eigenvalue weighted by atomic mass is 32.2. The van der Waals surface area contributed by atoms with Crippen LogP contribution >= 0.6 is 0 Å². The van der Waals surface area contributed by atoms with Crippen molar-refractivity contribution < 1.29 is 8.42 Å². The topological polar surface area (TPSA) is 63.4 Å². The van der Waals surface area contributed by atoms with E-state index >= 15 is 0 Å². The lowest BCUT2D eigenvalue weighted by molar-refractivity contribution is 0.601.